The summed E-state index contributed by atoms with van der Waals surface area (Å²) in [5.74, 6) is 0. The van der Waals surface area contributed by atoms with Crippen LogP contribution in [0.2, 0.25) is 0 Å². The Hall–Kier alpha value is 0.137. The van der Waals surface area contributed by atoms with Gasteiger partial charge in [0.25, 0.3) is 20.0 Å². The summed E-state index contributed by atoms with van der Waals surface area (Å²) in [5.41, 5.74) is 0. The van der Waals surface area contributed by atoms with Crippen molar-refractivity contribution in [3.05, 3.63) is 0 Å². The fraction of sp³-hybridized carbons (Fsp3) is 1.00. The van der Waals surface area contributed by atoms with Crippen LogP contribution in [0.5, 0.6) is 0 Å². The molecule has 6 nitrogen and oxygen atoms in total. The number of sulfonamides is 2. The molecule has 0 atom stereocenters. The van der Waals surface area contributed by atoms with Crippen LogP contribution in [0.25, 0.3) is 0 Å². The van der Waals surface area contributed by atoms with Gasteiger partial charge >= 0.3 is 29.4 Å². The molecule has 0 aliphatic rings. The molecule has 0 radical (unpaired) electrons. The first-order chi connectivity index (χ1) is 5.75. The second-order valence-electron chi connectivity index (χ2n) is 2.12. The Kier molecular flexibility index (Phi) is 4.89. The number of nitrogens with two attached hydrogens (primary N) is 2. The molecular weight excluding hydrogens is 263 g/mol. The van der Waals surface area contributed by atoms with Crippen LogP contribution in [0.15, 0.2) is 0 Å². The maximum atomic E-state index is 12.3. The van der Waals surface area contributed by atoms with Crippen LogP contribution in [0.1, 0.15) is 0 Å². The fourth-order valence-electron chi connectivity index (χ4n) is 0.331. The summed E-state index contributed by atoms with van der Waals surface area (Å²) in [7, 11) is -12.2. The third-order valence-electron chi connectivity index (χ3n) is 1.05. The van der Waals surface area contributed by atoms with Gasteiger partial charge in [-0.2, -0.15) is 17.6 Å². The van der Waals surface area contributed by atoms with Crippen LogP contribution < -0.4 is 10.3 Å². The third kappa shape index (κ3) is 2.83. The van der Waals surface area contributed by atoms with E-state index in [1.807, 2.05) is 0 Å². The molecule has 0 heterocycles. The van der Waals surface area contributed by atoms with Crippen molar-refractivity contribution in [2.45, 2.75) is 10.5 Å². The van der Waals surface area contributed by atoms with Crippen molar-refractivity contribution in [3.63, 3.8) is 0 Å². The zero-order valence-electron chi connectivity index (χ0n) is 6.12. The molecule has 0 unspecified atom stereocenters. The molecule has 0 fully saturated rings. The van der Waals surface area contributed by atoms with E-state index in [1.165, 1.54) is 0 Å². The average molecular weight is 268 g/mol. The van der Waals surface area contributed by atoms with E-state index in [1.54, 1.807) is 0 Å². The molecule has 0 saturated carbocycles. The molecule has 0 rings (SSSR count). The Balaban J connectivity index is 0. The number of hydrogen-bond acceptors (Lipinski definition) is 4. The third-order valence-corrected chi connectivity index (χ3v) is 3.12. The number of primary sulfonamides is 2. The second-order valence-corrected chi connectivity index (χ2v) is 5.33. The molecule has 0 aromatic rings. The molecule has 0 spiro atoms. The van der Waals surface area contributed by atoms with Crippen molar-refractivity contribution in [2.24, 2.45) is 10.3 Å². The van der Waals surface area contributed by atoms with E-state index in [-0.39, 0.29) is 18.9 Å². The summed E-state index contributed by atoms with van der Waals surface area (Å²) in [5, 5.41) is -4.52. The summed E-state index contributed by atoms with van der Waals surface area (Å²) < 4.78 is 89.0. The van der Waals surface area contributed by atoms with Crippen molar-refractivity contribution in [1.29, 1.82) is 0 Å². The summed E-state index contributed by atoms with van der Waals surface area (Å²) in [4.78, 5) is 0. The van der Waals surface area contributed by atoms with Gasteiger partial charge in [-0.15, -0.1) is 0 Å². The Labute approximate surface area is 94.3 Å². The molecule has 15 heavy (non-hydrogen) atoms. The number of halogens is 4. The van der Waals surface area contributed by atoms with Crippen LogP contribution in [-0.4, -0.2) is 46.2 Å². The SMILES string of the molecule is NS(=O)(=O)C(F)(F)C(F)(F)S(N)(=O)=O.[LiH]. The van der Waals surface area contributed by atoms with Gasteiger partial charge in [0.05, 0.1) is 0 Å². The Bertz CT molecular complexity index is 388. The molecule has 88 valence electrons. The van der Waals surface area contributed by atoms with Gasteiger partial charge in [-0.05, 0) is 0 Å². The van der Waals surface area contributed by atoms with E-state index >= 15 is 0 Å². The molecule has 4 N–H and O–H groups in total. The molecule has 13 heteroatoms. The monoisotopic (exact) mass is 268 g/mol. The standard InChI is InChI=1S/C2H4F4N2O4S2.Li.H/c3-1(4,13(7,9)10)2(5,6)14(8,11)12;;/h(H2,7,9,10)(H2,8,11,12);;. The minimum absolute atomic E-state index is 0. The Morgan fingerprint density at radius 3 is 0.933 bits per heavy atom. The summed E-state index contributed by atoms with van der Waals surface area (Å²) in [6.07, 6.45) is 0. The first kappa shape index (κ1) is 17.5. The van der Waals surface area contributed by atoms with Crippen LogP contribution >= 0.6 is 0 Å². The molecular formula is C2H5F4LiN2O4S2. The summed E-state index contributed by atoms with van der Waals surface area (Å²) in [6.45, 7) is 0. The molecule has 0 saturated heterocycles. The van der Waals surface area contributed by atoms with Crippen LogP contribution in [-0.2, 0) is 20.0 Å². The van der Waals surface area contributed by atoms with E-state index in [9.17, 15) is 34.4 Å². The predicted molar refractivity (Wildman–Crippen MR) is 43.3 cm³/mol. The van der Waals surface area contributed by atoms with Gasteiger partial charge in [-0.25, -0.2) is 27.1 Å². The first-order valence-corrected chi connectivity index (χ1v) is 5.64. The summed E-state index contributed by atoms with van der Waals surface area (Å²) >= 11 is 0. The number of rotatable bonds is 3. The molecule has 0 amide bonds. The van der Waals surface area contributed by atoms with Crippen LogP contribution in [0, 0.1) is 0 Å². The molecule has 0 aromatic carbocycles. The van der Waals surface area contributed by atoms with Crippen molar-refractivity contribution >= 4 is 38.9 Å². The van der Waals surface area contributed by atoms with Gasteiger partial charge in [0.2, 0.25) is 0 Å². The normalized spacial score (nSPS) is 14.5. The van der Waals surface area contributed by atoms with E-state index in [0.29, 0.717) is 0 Å². The van der Waals surface area contributed by atoms with Crippen molar-refractivity contribution in [3.8, 4) is 0 Å². The van der Waals surface area contributed by atoms with Crippen LogP contribution in [0.4, 0.5) is 17.6 Å². The molecule has 0 aliphatic carbocycles. The summed E-state index contributed by atoms with van der Waals surface area (Å²) in [6, 6.07) is 0. The molecule has 0 aliphatic heterocycles. The number of hydrogen-bond donors (Lipinski definition) is 2. The minimum atomic E-state index is -6.09. The van der Waals surface area contributed by atoms with E-state index in [2.05, 4.69) is 10.3 Å². The van der Waals surface area contributed by atoms with E-state index < -0.39 is 30.6 Å². The maximum absolute atomic E-state index is 12.3. The quantitative estimate of drug-likeness (QED) is 0.458. The van der Waals surface area contributed by atoms with Gasteiger partial charge < -0.3 is 0 Å². The average Bonchev–Trinajstić information content (AvgIpc) is 1.81. The zero-order valence-corrected chi connectivity index (χ0v) is 7.75. The van der Waals surface area contributed by atoms with Gasteiger partial charge in [0, 0.05) is 0 Å². The van der Waals surface area contributed by atoms with Gasteiger partial charge in [-0.3, -0.25) is 0 Å². The Morgan fingerprint density at radius 1 is 0.733 bits per heavy atom. The molecule has 0 bridgehead atoms. The second kappa shape index (κ2) is 4.19. The van der Waals surface area contributed by atoms with Crippen molar-refractivity contribution in [2.75, 3.05) is 0 Å². The zero-order chi connectivity index (χ0) is 12.0. The number of alkyl halides is 4. The van der Waals surface area contributed by atoms with E-state index in [0.717, 1.165) is 0 Å². The predicted octanol–water partition coefficient (Wildman–Crippen LogP) is -1.90. The van der Waals surface area contributed by atoms with Crippen LogP contribution in [0.3, 0.4) is 0 Å². The Morgan fingerprint density at radius 2 is 0.867 bits per heavy atom. The van der Waals surface area contributed by atoms with Crippen molar-refractivity contribution in [1.82, 2.24) is 0 Å². The van der Waals surface area contributed by atoms with Gasteiger partial charge in [0.15, 0.2) is 0 Å². The van der Waals surface area contributed by atoms with Crippen molar-refractivity contribution < 1.29 is 34.4 Å². The van der Waals surface area contributed by atoms with Gasteiger partial charge in [-0.1, -0.05) is 0 Å². The van der Waals surface area contributed by atoms with E-state index in [4.69, 9.17) is 0 Å². The topological polar surface area (TPSA) is 120 Å². The first-order valence-electron chi connectivity index (χ1n) is 2.55. The molecule has 0 aromatic heterocycles. The van der Waals surface area contributed by atoms with Gasteiger partial charge in [0.1, 0.15) is 0 Å². The fourth-order valence-corrected chi connectivity index (χ4v) is 1.69.